The molecule has 0 saturated heterocycles. The third-order valence-electron chi connectivity index (χ3n) is 3.60. The Balaban J connectivity index is 2.28. The highest BCUT2D eigenvalue weighted by Gasteiger charge is 2.29. The van der Waals surface area contributed by atoms with Gasteiger partial charge in [-0.15, -0.1) is 0 Å². The quantitative estimate of drug-likeness (QED) is 0.838. The van der Waals surface area contributed by atoms with Gasteiger partial charge < -0.3 is 9.64 Å². The summed E-state index contributed by atoms with van der Waals surface area (Å²) in [5.41, 5.74) is 1.82. The van der Waals surface area contributed by atoms with E-state index in [1.54, 1.807) is 25.8 Å². The maximum Gasteiger partial charge on any atom is 0.267 e. The van der Waals surface area contributed by atoms with Crippen LogP contribution >= 0.6 is 0 Å². The third-order valence-corrected chi connectivity index (χ3v) is 3.60. The van der Waals surface area contributed by atoms with Gasteiger partial charge in [-0.2, -0.15) is 0 Å². The van der Waals surface area contributed by atoms with E-state index in [0.29, 0.717) is 12.2 Å². The molecule has 2 atom stereocenters. The molecule has 0 N–H and O–H groups in total. The summed E-state index contributed by atoms with van der Waals surface area (Å²) >= 11 is 0. The van der Waals surface area contributed by atoms with Crippen molar-refractivity contribution in [3.63, 3.8) is 0 Å². The van der Waals surface area contributed by atoms with Crippen molar-refractivity contribution < 1.29 is 14.3 Å². The van der Waals surface area contributed by atoms with Gasteiger partial charge in [0.05, 0.1) is 5.69 Å². The molecule has 102 valence electrons. The van der Waals surface area contributed by atoms with Gasteiger partial charge >= 0.3 is 0 Å². The summed E-state index contributed by atoms with van der Waals surface area (Å²) in [4.78, 5) is 24.8. The molecule has 2 unspecified atom stereocenters. The molecule has 2 rings (SSSR count). The summed E-state index contributed by atoms with van der Waals surface area (Å²) in [5.74, 6) is 0.826. The first-order chi connectivity index (χ1) is 8.90. The fraction of sp³-hybridized carbons (Fsp3) is 0.467. The average molecular weight is 261 g/mol. The van der Waals surface area contributed by atoms with Crippen molar-refractivity contribution in [1.82, 2.24) is 0 Å². The van der Waals surface area contributed by atoms with Crippen LogP contribution in [0.1, 0.15) is 26.3 Å². The van der Waals surface area contributed by atoms with E-state index in [-0.39, 0.29) is 17.6 Å². The Hall–Kier alpha value is -1.84. The Labute approximate surface area is 113 Å². The molecule has 0 aromatic heterocycles. The Kier molecular flexibility index (Phi) is 3.60. The molecule has 4 heteroatoms. The number of benzene rings is 1. The molecular weight excluding hydrogens is 242 g/mol. The minimum atomic E-state index is -0.445. The molecule has 19 heavy (non-hydrogen) atoms. The highest BCUT2D eigenvalue weighted by molar-refractivity contribution is 5.99. The minimum Gasteiger partial charge on any atom is -0.479 e. The summed E-state index contributed by atoms with van der Waals surface area (Å²) in [6.45, 7) is 5.26. The molecule has 0 spiro atoms. The number of hydrogen-bond donors (Lipinski definition) is 0. The van der Waals surface area contributed by atoms with Crippen molar-refractivity contribution in [2.45, 2.75) is 33.3 Å². The number of fused-ring (bicyclic) bond motifs is 1. The summed E-state index contributed by atoms with van der Waals surface area (Å²) in [7, 11) is 1.75. The van der Waals surface area contributed by atoms with Crippen LogP contribution in [-0.2, 0) is 16.0 Å². The largest absolute Gasteiger partial charge is 0.479 e. The van der Waals surface area contributed by atoms with Crippen molar-refractivity contribution in [2.24, 2.45) is 5.92 Å². The lowest BCUT2D eigenvalue weighted by Gasteiger charge is -2.30. The Morgan fingerprint density at radius 2 is 2.16 bits per heavy atom. The van der Waals surface area contributed by atoms with E-state index in [0.717, 1.165) is 11.3 Å². The van der Waals surface area contributed by atoms with Crippen molar-refractivity contribution in [1.29, 1.82) is 0 Å². The number of ketones is 1. The summed E-state index contributed by atoms with van der Waals surface area (Å²) in [6.07, 6.45) is 0.236. The smallest absolute Gasteiger partial charge is 0.267 e. The number of nitrogens with zero attached hydrogens (tertiary/aromatic N) is 1. The van der Waals surface area contributed by atoms with Crippen LogP contribution in [0, 0.1) is 5.92 Å². The van der Waals surface area contributed by atoms with Crippen molar-refractivity contribution in [3.8, 4) is 5.75 Å². The molecule has 4 nitrogen and oxygen atoms in total. The second kappa shape index (κ2) is 5.03. The zero-order valence-electron chi connectivity index (χ0n) is 11.8. The van der Waals surface area contributed by atoms with Gasteiger partial charge in [0, 0.05) is 13.0 Å². The van der Waals surface area contributed by atoms with E-state index in [1.807, 2.05) is 25.1 Å². The van der Waals surface area contributed by atoms with E-state index in [9.17, 15) is 9.59 Å². The van der Waals surface area contributed by atoms with Crippen LogP contribution in [0.15, 0.2) is 18.2 Å². The summed E-state index contributed by atoms with van der Waals surface area (Å²) in [5, 5.41) is 0. The molecule has 0 fully saturated rings. The van der Waals surface area contributed by atoms with Crippen LogP contribution in [0.3, 0.4) is 0 Å². The first-order valence-electron chi connectivity index (χ1n) is 6.47. The van der Waals surface area contributed by atoms with Crippen molar-refractivity contribution in [3.05, 3.63) is 23.8 Å². The highest BCUT2D eigenvalue weighted by atomic mass is 16.5. The van der Waals surface area contributed by atoms with Crippen LogP contribution in [0.2, 0.25) is 0 Å². The van der Waals surface area contributed by atoms with E-state index >= 15 is 0 Å². The number of likely N-dealkylation sites (N-methyl/N-ethyl adjacent to an activating group) is 1. The third kappa shape index (κ3) is 2.62. The fourth-order valence-electron chi connectivity index (χ4n) is 2.18. The molecule has 1 amide bonds. The van der Waals surface area contributed by atoms with Gasteiger partial charge in [-0.25, -0.2) is 0 Å². The van der Waals surface area contributed by atoms with E-state index in [4.69, 9.17) is 4.74 Å². The van der Waals surface area contributed by atoms with E-state index in [1.165, 1.54) is 0 Å². The predicted molar refractivity (Wildman–Crippen MR) is 73.5 cm³/mol. The number of carbonyl (C=O) groups excluding carboxylic acids is 2. The SMILES string of the molecule is CC(=O)C(C)Cc1ccc2c(c1)N(C)C(=O)C(C)O2. The lowest BCUT2D eigenvalue weighted by Crippen LogP contribution is -2.42. The first-order valence-corrected chi connectivity index (χ1v) is 6.47. The van der Waals surface area contributed by atoms with Crippen LogP contribution in [0.25, 0.3) is 0 Å². The molecule has 1 aromatic carbocycles. The maximum absolute atomic E-state index is 11.9. The minimum absolute atomic E-state index is 0.0116. The molecule has 0 aliphatic carbocycles. The van der Waals surface area contributed by atoms with Gasteiger partial charge in [-0.1, -0.05) is 13.0 Å². The summed E-state index contributed by atoms with van der Waals surface area (Å²) < 4.78 is 5.56. The number of hydrogen-bond acceptors (Lipinski definition) is 3. The number of rotatable bonds is 3. The molecular formula is C15H19NO3. The number of Topliss-reactive ketones (excluding diaryl/α,β-unsaturated/α-hetero) is 1. The lowest BCUT2D eigenvalue weighted by atomic mass is 9.97. The van der Waals surface area contributed by atoms with Gasteiger partial charge in [0.15, 0.2) is 6.10 Å². The van der Waals surface area contributed by atoms with Gasteiger partial charge in [0.2, 0.25) is 0 Å². The van der Waals surface area contributed by atoms with Gasteiger partial charge in [-0.3, -0.25) is 9.59 Å². The summed E-state index contributed by atoms with van der Waals surface area (Å²) in [6, 6.07) is 5.75. The standard InChI is InChI=1S/C15H19NO3/c1-9(10(2)17)7-12-5-6-14-13(8-12)16(4)15(18)11(3)19-14/h5-6,8-9,11H,7H2,1-4H3. The zero-order chi connectivity index (χ0) is 14.2. The number of carbonyl (C=O) groups is 2. The average Bonchev–Trinajstić information content (AvgIpc) is 2.37. The number of anilines is 1. The Morgan fingerprint density at radius 3 is 2.79 bits per heavy atom. The second-order valence-electron chi connectivity index (χ2n) is 5.18. The first kappa shape index (κ1) is 13.6. The molecule has 1 aliphatic heterocycles. The number of amides is 1. The van der Waals surface area contributed by atoms with Crippen LogP contribution in [-0.4, -0.2) is 24.8 Å². The maximum atomic E-state index is 11.9. The van der Waals surface area contributed by atoms with Crippen LogP contribution < -0.4 is 9.64 Å². The highest BCUT2D eigenvalue weighted by Crippen LogP contribution is 2.34. The normalized spacial score (nSPS) is 19.7. The molecule has 0 saturated carbocycles. The van der Waals surface area contributed by atoms with E-state index < -0.39 is 6.10 Å². The van der Waals surface area contributed by atoms with Crippen molar-refractivity contribution >= 4 is 17.4 Å². The topological polar surface area (TPSA) is 46.6 Å². The zero-order valence-corrected chi connectivity index (χ0v) is 11.8. The van der Waals surface area contributed by atoms with Gasteiger partial charge in [0.25, 0.3) is 5.91 Å². The van der Waals surface area contributed by atoms with Crippen LogP contribution in [0.4, 0.5) is 5.69 Å². The predicted octanol–water partition coefficient (Wildman–Crippen LogP) is 2.20. The number of ether oxygens (including phenoxy) is 1. The monoisotopic (exact) mass is 261 g/mol. The fourth-order valence-corrected chi connectivity index (χ4v) is 2.18. The molecule has 1 aliphatic rings. The molecule has 1 aromatic rings. The second-order valence-corrected chi connectivity index (χ2v) is 5.18. The molecule has 0 bridgehead atoms. The Morgan fingerprint density at radius 1 is 1.47 bits per heavy atom. The van der Waals surface area contributed by atoms with Gasteiger partial charge in [-0.05, 0) is 38.0 Å². The lowest BCUT2D eigenvalue weighted by molar-refractivity contribution is -0.125. The molecule has 0 radical (unpaired) electrons. The van der Waals surface area contributed by atoms with E-state index in [2.05, 4.69) is 0 Å². The molecule has 1 heterocycles. The Bertz CT molecular complexity index is 524. The van der Waals surface area contributed by atoms with Crippen molar-refractivity contribution in [2.75, 3.05) is 11.9 Å². The van der Waals surface area contributed by atoms with Crippen LogP contribution in [0.5, 0.6) is 5.75 Å². The van der Waals surface area contributed by atoms with Gasteiger partial charge in [0.1, 0.15) is 11.5 Å².